The number of hydrogen-bond acceptors (Lipinski definition) is 5. The molecule has 0 unspecified atom stereocenters. The summed E-state index contributed by atoms with van der Waals surface area (Å²) in [5, 5.41) is 5.86. The standard InChI is InChI=1S/C14H15F3N4O/c1-3-19-13-20-11(8-12(18-2)21-13)9-5-4-6-10(7-9)22-14(15,16)17/h4-8H,3H2,1-2H3,(H2,18,19,20,21). The molecule has 8 heteroatoms. The molecule has 1 heterocycles. The van der Waals surface area contributed by atoms with E-state index in [1.54, 1.807) is 19.2 Å². The molecule has 0 bridgehead atoms. The second-order valence-electron chi connectivity index (χ2n) is 4.32. The van der Waals surface area contributed by atoms with E-state index in [2.05, 4.69) is 25.3 Å². The molecule has 0 amide bonds. The van der Waals surface area contributed by atoms with Crippen molar-refractivity contribution in [2.45, 2.75) is 13.3 Å². The maximum absolute atomic E-state index is 12.3. The van der Waals surface area contributed by atoms with E-state index in [4.69, 9.17) is 0 Å². The Morgan fingerprint density at radius 2 is 1.95 bits per heavy atom. The highest BCUT2D eigenvalue weighted by atomic mass is 19.4. The summed E-state index contributed by atoms with van der Waals surface area (Å²) < 4.78 is 40.8. The van der Waals surface area contributed by atoms with Crippen LogP contribution >= 0.6 is 0 Å². The zero-order valence-electron chi connectivity index (χ0n) is 12.0. The van der Waals surface area contributed by atoms with Crippen LogP contribution in [0.15, 0.2) is 30.3 Å². The summed E-state index contributed by atoms with van der Waals surface area (Å²) in [5.41, 5.74) is 0.989. The number of benzene rings is 1. The van der Waals surface area contributed by atoms with Gasteiger partial charge in [-0.2, -0.15) is 4.98 Å². The number of nitrogens with zero attached hydrogens (tertiary/aromatic N) is 2. The highest BCUT2D eigenvalue weighted by Gasteiger charge is 2.31. The first kappa shape index (κ1) is 15.9. The zero-order chi connectivity index (χ0) is 16.2. The van der Waals surface area contributed by atoms with E-state index < -0.39 is 6.36 Å². The van der Waals surface area contributed by atoms with Gasteiger partial charge in [0.15, 0.2) is 0 Å². The topological polar surface area (TPSA) is 59.1 Å². The van der Waals surface area contributed by atoms with Crippen LogP contribution < -0.4 is 15.4 Å². The van der Waals surface area contributed by atoms with Crippen molar-refractivity contribution < 1.29 is 17.9 Å². The van der Waals surface area contributed by atoms with Crippen LogP contribution in [0.5, 0.6) is 5.75 Å². The van der Waals surface area contributed by atoms with E-state index in [-0.39, 0.29) is 5.75 Å². The quantitative estimate of drug-likeness (QED) is 0.884. The summed E-state index contributed by atoms with van der Waals surface area (Å²) in [6.45, 7) is 2.52. The average Bonchev–Trinajstić information content (AvgIpc) is 2.46. The Bertz CT molecular complexity index is 646. The predicted molar refractivity (Wildman–Crippen MR) is 77.9 cm³/mol. The van der Waals surface area contributed by atoms with Crippen LogP contribution in [0, 0.1) is 0 Å². The van der Waals surface area contributed by atoms with E-state index in [0.717, 1.165) is 0 Å². The Morgan fingerprint density at radius 3 is 2.59 bits per heavy atom. The van der Waals surface area contributed by atoms with Crippen molar-refractivity contribution in [2.24, 2.45) is 0 Å². The van der Waals surface area contributed by atoms with Gasteiger partial charge in [0.1, 0.15) is 11.6 Å². The molecular weight excluding hydrogens is 297 g/mol. The molecular formula is C14H15F3N4O. The lowest BCUT2D eigenvalue weighted by Gasteiger charge is -2.11. The van der Waals surface area contributed by atoms with Crippen molar-refractivity contribution in [3.63, 3.8) is 0 Å². The molecule has 1 aromatic carbocycles. The molecule has 0 fully saturated rings. The van der Waals surface area contributed by atoms with Crippen molar-refractivity contribution >= 4 is 11.8 Å². The van der Waals surface area contributed by atoms with E-state index in [0.29, 0.717) is 29.6 Å². The van der Waals surface area contributed by atoms with Gasteiger partial charge in [0.05, 0.1) is 5.69 Å². The second-order valence-corrected chi connectivity index (χ2v) is 4.32. The molecule has 0 saturated heterocycles. The van der Waals surface area contributed by atoms with E-state index in [9.17, 15) is 13.2 Å². The molecule has 0 atom stereocenters. The Kier molecular flexibility index (Phi) is 4.69. The van der Waals surface area contributed by atoms with Gasteiger partial charge >= 0.3 is 6.36 Å². The Morgan fingerprint density at radius 1 is 1.18 bits per heavy atom. The molecule has 2 N–H and O–H groups in total. The first-order chi connectivity index (χ1) is 10.4. The van der Waals surface area contributed by atoms with Gasteiger partial charge in [-0.15, -0.1) is 13.2 Å². The summed E-state index contributed by atoms with van der Waals surface area (Å²) in [7, 11) is 1.70. The zero-order valence-corrected chi connectivity index (χ0v) is 12.0. The first-order valence-electron chi connectivity index (χ1n) is 6.58. The molecule has 0 aliphatic carbocycles. The highest BCUT2D eigenvalue weighted by Crippen LogP contribution is 2.28. The van der Waals surface area contributed by atoms with Crippen molar-refractivity contribution in [1.82, 2.24) is 9.97 Å². The number of anilines is 2. The third-order valence-corrected chi connectivity index (χ3v) is 2.68. The largest absolute Gasteiger partial charge is 0.573 e. The number of hydrogen-bond donors (Lipinski definition) is 2. The van der Waals surface area contributed by atoms with Gasteiger partial charge in [0, 0.05) is 25.2 Å². The first-order valence-corrected chi connectivity index (χ1v) is 6.58. The molecule has 0 aliphatic heterocycles. The monoisotopic (exact) mass is 312 g/mol. The number of rotatable bonds is 5. The Balaban J connectivity index is 2.38. The molecule has 0 saturated carbocycles. The number of halogens is 3. The summed E-state index contributed by atoms with van der Waals surface area (Å²) in [6.07, 6.45) is -4.73. The smallest absolute Gasteiger partial charge is 0.406 e. The summed E-state index contributed by atoms with van der Waals surface area (Å²) in [6, 6.07) is 7.30. The van der Waals surface area contributed by atoms with E-state index >= 15 is 0 Å². The fourth-order valence-electron chi connectivity index (χ4n) is 1.81. The Hall–Kier alpha value is -2.51. The van der Waals surface area contributed by atoms with E-state index in [1.807, 2.05) is 6.92 Å². The van der Waals surface area contributed by atoms with Crippen molar-refractivity contribution in [3.05, 3.63) is 30.3 Å². The van der Waals surface area contributed by atoms with Crippen LogP contribution in [0.1, 0.15) is 6.92 Å². The number of ether oxygens (including phenoxy) is 1. The average molecular weight is 312 g/mol. The van der Waals surface area contributed by atoms with Crippen molar-refractivity contribution in [3.8, 4) is 17.0 Å². The normalized spacial score (nSPS) is 11.1. The maximum Gasteiger partial charge on any atom is 0.573 e. The lowest BCUT2D eigenvalue weighted by Crippen LogP contribution is -2.17. The highest BCUT2D eigenvalue weighted by molar-refractivity contribution is 5.65. The molecule has 2 aromatic rings. The van der Waals surface area contributed by atoms with Gasteiger partial charge in [-0.3, -0.25) is 0 Å². The minimum absolute atomic E-state index is 0.292. The lowest BCUT2D eigenvalue weighted by atomic mass is 10.1. The van der Waals surface area contributed by atoms with Gasteiger partial charge in [0.2, 0.25) is 5.95 Å². The van der Waals surface area contributed by atoms with E-state index in [1.165, 1.54) is 18.2 Å². The predicted octanol–water partition coefficient (Wildman–Crippen LogP) is 3.52. The number of nitrogens with one attached hydrogen (secondary N) is 2. The fourth-order valence-corrected chi connectivity index (χ4v) is 1.81. The molecule has 0 spiro atoms. The number of alkyl halides is 3. The van der Waals surface area contributed by atoms with Gasteiger partial charge in [-0.1, -0.05) is 12.1 Å². The molecule has 1 aromatic heterocycles. The molecule has 2 rings (SSSR count). The molecule has 22 heavy (non-hydrogen) atoms. The van der Waals surface area contributed by atoms with Crippen molar-refractivity contribution in [2.75, 3.05) is 24.2 Å². The van der Waals surface area contributed by atoms with Crippen molar-refractivity contribution in [1.29, 1.82) is 0 Å². The summed E-state index contributed by atoms with van der Waals surface area (Å²) >= 11 is 0. The molecule has 0 radical (unpaired) electrons. The third kappa shape index (κ3) is 4.24. The Labute approximate surface area is 125 Å². The minimum Gasteiger partial charge on any atom is -0.406 e. The van der Waals surface area contributed by atoms with Gasteiger partial charge in [-0.25, -0.2) is 4.98 Å². The van der Waals surface area contributed by atoms with Gasteiger partial charge < -0.3 is 15.4 Å². The molecule has 0 aliphatic rings. The maximum atomic E-state index is 12.3. The van der Waals surface area contributed by atoms with Crippen LogP contribution in [-0.2, 0) is 0 Å². The third-order valence-electron chi connectivity index (χ3n) is 2.68. The fraction of sp³-hybridized carbons (Fsp3) is 0.286. The van der Waals surface area contributed by atoms with Gasteiger partial charge in [0.25, 0.3) is 0 Å². The summed E-state index contributed by atoms with van der Waals surface area (Å²) in [4.78, 5) is 8.48. The second kappa shape index (κ2) is 6.50. The molecule has 5 nitrogen and oxygen atoms in total. The molecule has 118 valence electrons. The number of aromatic nitrogens is 2. The SMILES string of the molecule is CCNc1nc(NC)cc(-c2cccc(OC(F)(F)F)c2)n1. The lowest BCUT2D eigenvalue weighted by molar-refractivity contribution is -0.274. The van der Waals surface area contributed by atoms with Crippen LogP contribution in [0.25, 0.3) is 11.3 Å². The summed E-state index contributed by atoms with van der Waals surface area (Å²) in [5.74, 6) is 0.661. The van der Waals surface area contributed by atoms with Crippen LogP contribution in [-0.4, -0.2) is 29.9 Å². The minimum atomic E-state index is -4.73. The van der Waals surface area contributed by atoms with Crippen LogP contribution in [0.4, 0.5) is 24.9 Å². The van der Waals surface area contributed by atoms with Gasteiger partial charge in [-0.05, 0) is 19.1 Å². The van der Waals surface area contributed by atoms with Crippen LogP contribution in [0.2, 0.25) is 0 Å². The van der Waals surface area contributed by atoms with Crippen LogP contribution in [0.3, 0.4) is 0 Å².